The van der Waals surface area contributed by atoms with E-state index in [0.29, 0.717) is 0 Å². The zero-order valence-electron chi connectivity index (χ0n) is 9.44. The Kier molecular flexibility index (Phi) is 2.99. The maximum absolute atomic E-state index is 4.38. The summed E-state index contributed by atoms with van der Waals surface area (Å²) in [6, 6.07) is 8.90. The number of benzene rings is 1. The molecule has 2 aromatic rings. The minimum atomic E-state index is 0.742. The van der Waals surface area contributed by atoms with Gasteiger partial charge in [-0.3, -0.25) is 0 Å². The lowest BCUT2D eigenvalue weighted by molar-refractivity contribution is 0.687. The molecule has 3 nitrogen and oxygen atoms in total. The second-order valence-corrected chi connectivity index (χ2v) is 5.34. The standard InChI is InChI=1S/C13H14BrN3/c14-11-1-5-13(6-2-11)17-9-10(8-16-17)7-15-12-3-4-12/h1-2,5-6,8-9,12,15H,3-4,7H2. The SMILES string of the molecule is Brc1ccc(-n2cc(CNC3CC3)cn2)cc1. The molecule has 1 aliphatic rings. The molecule has 1 aliphatic carbocycles. The summed E-state index contributed by atoms with van der Waals surface area (Å²) in [7, 11) is 0. The van der Waals surface area contributed by atoms with E-state index in [-0.39, 0.29) is 0 Å². The average molecular weight is 292 g/mol. The molecule has 0 radical (unpaired) electrons. The van der Waals surface area contributed by atoms with Crippen LogP contribution in [-0.2, 0) is 6.54 Å². The van der Waals surface area contributed by atoms with Gasteiger partial charge in [-0.15, -0.1) is 0 Å². The summed E-state index contributed by atoms with van der Waals surface area (Å²) in [4.78, 5) is 0. The fourth-order valence-electron chi connectivity index (χ4n) is 1.74. The molecule has 1 fully saturated rings. The van der Waals surface area contributed by atoms with Gasteiger partial charge in [0, 0.05) is 28.8 Å². The predicted molar refractivity (Wildman–Crippen MR) is 71.1 cm³/mol. The average Bonchev–Trinajstić information content (AvgIpc) is 3.06. The van der Waals surface area contributed by atoms with Gasteiger partial charge < -0.3 is 5.32 Å². The molecule has 4 heteroatoms. The molecule has 1 saturated carbocycles. The van der Waals surface area contributed by atoms with Crippen molar-refractivity contribution in [3.63, 3.8) is 0 Å². The molecule has 0 unspecified atom stereocenters. The summed E-state index contributed by atoms with van der Waals surface area (Å²) in [6.07, 6.45) is 6.65. The maximum Gasteiger partial charge on any atom is 0.0646 e. The van der Waals surface area contributed by atoms with E-state index in [0.717, 1.165) is 22.7 Å². The lowest BCUT2D eigenvalue weighted by Crippen LogP contribution is -2.14. The van der Waals surface area contributed by atoms with Gasteiger partial charge in [-0.25, -0.2) is 4.68 Å². The van der Waals surface area contributed by atoms with Crippen LogP contribution in [0.5, 0.6) is 0 Å². The van der Waals surface area contributed by atoms with E-state index >= 15 is 0 Å². The summed E-state index contributed by atoms with van der Waals surface area (Å²) in [5, 5.41) is 7.86. The first-order valence-electron chi connectivity index (χ1n) is 5.84. The molecule has 1 aromatic heterocycles. The monoisotopic (exact) mass is 291 g/mol. The zero-order valence-corrected chi connectivity index (χ0v) is 11.0. The van der Waals surface area contributed by atoms with Gasteiger partial charge in [0.15, 0.2) is 0 Å². The number of nitrogens with zero attached hydrogens (tertiary/aromatic N) is 2. The van der Waals surface area contributed by atoms with Gasteiger partial charge in [0.05, 0.1) is 11.9 Å². The van der Waals surface area contributed by atoms with E-state index in [1.807, 2.05) is 23.0 Å². The van der Waals surface area contributed by atoms with Crippen molar-refractivity contribution in [1.82, 2.24) is 15.1 Å². The quantitative estimate of drug-likeness (QED) is 0.939. The first-order valence-corrected chi connectivity index (χ1v) is 6.63. The van der Waals surface area contributed by atoms with E-state index in [2.05, 4.69) is 44.7 Å². The van der Waals surface area contributed by atoms with Gasteiger partial charge in [-0.2, -0.15) is 5.10 Å². The van der Waals surface area contributed by atoms with Gasteiger partial charge in [-0.05, 0) is 37.1 Å². The normalized spacial score (nSPS) is 15.1. The van der Waals surface area contributed by atoms with Crippen molar-refractivity contribution in [2.45, 2.75) is 25.4 Å². The van der Waals surface area contributed by atoms with Crippen molar-refractivity contribution in [2.24, 2.45) is 0 Å². The molecule has 0 bridgehead atoms. The van der Waals surface area contributed by atoms with Crippen molar-refractivity contribution in [3.05, 3.63) is 46.7 Å². The van der Waals surface area contributed by atoms with Crippen LogP contribution in [0.1, 0.15) is 18.4 Å². The number of hydrogen-bond donors (Lipinski definition) is 1. The van der Waals surface area contributed by atoms with E-state index in [4.69, 9.17) is 0 Å². The Bertz CT molecular complexity index is 500. The highest BCUT2D eigenvalue weighted by Crippen LogP contribution is 2.19. The molecule has 0 aliphatic heterocycles. The largest absolute Gasteiger partial charge is 0.310 e. The van der Waals surface area contributed by atoms with Crippen molar-refractivity contribution in [1.29, 1.82) is 0 Å². The third-order valence-electron chi connectivity index (χ3n) is 2.90. The van der Waals surface area contributed by atoms with E-state index in [9.17, 15) is 0 Å². The molecule has 1 heterocycles. The molecule has 3 rings (SSSR count). The van der Waals surface area contributed by atoms with Crippen molar-refractivity contribution in [3.8, 4) is 5.69 Å². The van der Waals surface area contributed by atoms with Crippen LogP contribution in [-0.4, -0.2) is 15.8 Å². The minimum Gasteiger partial charge on any atom is -0.310 e. The van der Waals surface area contributed by atoms with Crippen molar-refractivity contribution >= 4 is 15.9 Å². The van der Waals surface area contributed by atoms with Crippen LogP contribution in [0.2, 0.25) is 0 Å². The predicted octanol–water partition coefficient (Wildman–Crippen LogP) is 2.89. The molecule has 0 atom stereocenters. The number of hydrogen-bond acceptors (Lipinski definition) is 2. The van der Waals surface area contributed by atoms with Crippen LogP contribution < -0.4 is 5.32 Å². The Morgan fingerprint density at radius 1 is 1.29 bits per heavy atom. The van der Waals surface area contributed by atoms with Crippen LogP contribution in [0.3, 0.4) is 0 Å². The molecule has 0 saturated heterocycles. The molecular weight excluding hydrogens is 278 g/mol. The topological polar surface area (TPSA) is 29.9 Å². The van der Waals surface area contributed by atoms with Crippen LogP contribution in [0.4, 0.5) is 0 Å². The highest BCUT2D eigenvalue weighted by atomic mass is 79.9. The summed E-state index contributed by atoms with van der Waals surface area (Å²) in [5.74, 6) is 0. The fourth-order valence-corrected chi connectivity index (χ4v) is 2.00. The number of rotatable bonds is 4. The summed E-state index contributed by atoms with van der Waals surface area (Å²) < 4.78 is 3.00. The molecule has 1 N–H and O–H groups in total. The Hall–Kier alpha value is -1.13. The first-order chi connectivity index (χ1) is 8.31. The van der Waals surface area contributed by atoms with Crippen LogP contribution in [0.25, 0.3) is 5.69 Å². The summed E-state index contributed by atoms with van der Waals surface area (Å²) in [5.41, 5.74) is 2.32. The lowest BCUT2D eigenvalue weighted by atomic mass is 10.3. The number of nitrogens with one attached hydrogen (secondary N) is 1. The van der Waals surface area contributed by atoms with Crippen LogP contribution >= 0.6 is 15.9 Å². The maximum atomic E-state index is 4.38. The van der Waals surface area contributed by atoms with Gasteiger partial charge in [-0.1, -0.05) is 15.9 Å². The molecule has 0 spiro atoms. The third-order valence-corrected chi connectivity index (χ3v) is 3.43. The Balaban J connectivity index is 1.72. The lowest BCUT2D eigenvalue weighted by Gasteiger charge is -2.01. The highest BCUT2D eigenvalue weighted by molar-refractivity contribution is 9.10. The Morgan fingerprint density at radius 2 is 2.06 bits per heavy atom. The molecular formula is C13H14BrN3. The van der Waals surface area contributed by atoms with E-state index in [1.54, 1.807) is 0 Å². The van der Waals surface area contributed by atoms with Crippen LogP contribution in [0.15, 0.2) is 41.1 Å². The summed E-state index contributed by atoms with van der Waals surface area (Å²) >= 11 is 3.43. The molecule has 0 amide bonds. The second kappa shape index (κ2) is 4.63. The third kappa shape index (κ3) is 2.76. The Labute approximate surface area is 109 Å². The van der Waals surface area contributed by atoms with Gasteiger partial charge in [0.1, 0.15) is 0 Å². The van der Waals surface area contributed by atoms with Crippen molar-refractivity contribution < 1.29 is 0 Å². The van der Waals surface area contributed by atoms with Gasteiger partial charge in [0.25, 0.3) is 0 Å². The van der Waals surface area contributed by atoms with E-state index in [1.165, 1.54) is 18.4 Å². The molecule has 1 aromatic carbocycles. The highest BCUT2D eigenvalue weighted by Gasteiger charge is 2.20. The second-order valence-electron chi connectivity index (χ2n) is 4.42. The molecule has 17 heavy (non-hydrogen) atoms. The van der Waals surface area contributed by atoms with Gasteiger partial charge in [0.2, 0.25) is 0 Å². The fraction of sp³-hybridized carbons (Fsp3) is 0.308. The zero-order chi connectivity index (χ0) is 11.7. The van der Waals surface area contributed by atoms with Crippen LogP contribution in [0, 0.1) is 0 Å². The minimum absolute atomic E-state index is 0.742. The number of aromatic nitrogens is 2. The first kappa shape index (κ1) is 11.0. The van der Waals surface area contributed by atoms with E-state index < -0.39 is 0 Å². The Morgan fingerprint density at radius 3 is 2.76 bits per heavy atom. The van der Waals surface area contributed by atoms with Gasteiger partial charge >= 0.3 is 0 Å². The summed E-state index contributed by atoms with van der Waals surface area (Å²) in [6.45, 7) is 0.918. The smallest absolute Gasteiger partial charge is 0.0646 e. The molecule has 88 valence electrons. The number of halogens is 1. The van der Waals surface area contributed by atoms with Crippen molar-refractivity contribution in [2.75, 3.05) is 0 Å².